The molecule has 0 radical (unpaired) electrons. The van der Waals surface area contributed by atoms with Crippen molar-refractivity contribution in [2.45, 2.75) is 6.54 Å². The molecular formula is C10H6ClIN4S. The average Bonchev–Trinajstić information content (AvgIpc) is 2.87. The molecule has 0 aliphatic carbocycles. The van der Waals surface area contributed by atoms with Gasteiger partial charge in [-0.3, -0.25) is 4.68 Å². The summed E-state index contributed by atoms with van der Waals surface area (Å²) in [4.78, 5) is 9.65. The van der Waals surface area contributed by atoms with Gasteiger partial charge in [0, 0.05) is 11.6 Å². The van der Waals surface area contributed by atoms with Crippen molar-refractivity contribution in [1.29, 1.82) is 0 Å². The Morgan fingerprint density at radius 1 is 1.41 bits per heavy atom. The molecule has 3 heterocycles. The third-order valence-corrected chi connectivity index (χ3v) is 3.88. The molecule has 0 atom stereocenters. The van der Waals surface area contributed by atoms with Gasteiger partial charge in [0.15, 0.2) is 5.82 Å². The van der Waals surface area contributed by atoms with E-state index in [0.29, 0.717) is 17.5 Å². The minimum Gasteiger partial charge on any atom is -0.264 e. The summed E-state index contributed by atoms with van der Waals surface area (Å²) in [5, 5.41) is 7.58. The summed E-state index contributed by atoms with van der Waals surface area (Å²) < 4.78 is 2.89. The van der Waals surface area contributed by atoms with E-state index in [-0.39, 0.29) is 0 Å². The summed E-state index contributed by atoms with van der Waals surface area (Å²) in [6.07, 6.45) is 3.74. The largest absolute Gasteiger partial charge is 0.264 e. The van der Waals surface area contributed by atoms with Crippen molar-refractivity contribution in [1.82, 2.24) is 19.7 Å². The Labute approximate surface area is 120 Å². The van der Waals surface area contributed by atoms with Gasteiger partial charge in [-0.05, 0) is 34.0 Å². The zero-order valence-electron chi connectivity index (χ0n) is 8.47. The van der Waals surface area contributed by atoms with E-state index >= 15 is 0 Å². The Bertz CT molecular complexity index is 678. The van der Waals surface area contributed by atoms with Crippen LogP contribution in [0.25, 0.3) is 10.2 Å². The molecule has 0 aliphatic heterocycles. The van der Waals surface area contributed by atoms with Crippen LogP contribution in [0.4, 0.5) is 0 Å². The summed E-state index contributed by atoms with van der Waals surface area (Å²) in [7, 11) is 0. The third-order valence-electron chi connectivity index (χ3n) is 2.23. The highest BCUT2D eigenvalue weighted by Crippen LogP contribution is 2.24. The number of fused-ring (bicyclic) bond motifs is 1. The van der Waals surface area contributed by atoms with Crippen molar-refractivity contribution in [3.63, 3.8) is 0 Å². The van der Waals surface area contributed by atoms with E-state index < -0.39 is 0 Å². The summed E-state index contributed by atoms with van der Waals surface area (Å²) in [5.74, 6) is 0.685. The fourth-order valence-corrected chi connectivity index (χ4v) is 3.04. The number of aromatic nitrogens is 4. The van der Waals surface area contributed by atoms with Gasteiger partial charge in [0.2, 0.25) is 0 Å². The standard InChI is InChI=1S/C10H6ClIN4S/c11-9-7-1-2-17-10(7)15-8(14-9)5-16-4-6(12)3-13-16/h1-4H,5H2. The number of hydrogen-bond donors (Lipinski definition) is 0. The molecule has 0 saturated carbocycles. The van der Waals surface area contributed by atoms with Crippen LogP contribution >= 0.6 is 45.5 Å². The van der Waals surface area contributed by atoms with E-state index in [4.69, 9.17) is 11.6 Å². The van der Waals surface area contributed by atoms with E-state index in [1.54, 1.807) is 22.2 Å². The van der Waals surface area contributed by atoms with Gasteiger partial charge >= 0.3 is 0 Å². The quantitative estimate of drug-likeness (QED) is 0.510. The second-order valence-corrected chi connectivity index (χ2v) is 5.92. The molecule has 0 aliphatic rings. The maximum absolute atomic E-state index is 6.10. The molecule has 3 aromatic heterocycles. The molecule has 4 nitrogen and oxygen atoms in total. The molecule has 0 saturated heterocycles. The van der Waals surface area contributed by atoms with Gasteiger partial charge in [-0.15, -0.1) is 11.3 Å². The SMILES string of the molecule is Clc1nc(Cn2cc(I)cn2)nc2sccc12. The molecule has 0 fully saturated rings. The smallest absolute Gasteiger partial charge is 0.153 e. The molecule has 0 spiro atoms. The van der Waals surface area contributed by atoms with Crippen molar-refractivity contribution in [3.8, 4) is 0 Å². The van der Waals surface area contributed by atoms with Gasteiger partial charge in [0.05, 0.1) is 9.77 Å². The summed E-state index contributed by atoms with van der Waals surface area (Å²) in [5.41, 5.74) is 0. The Kier molecular flexibility index (Phi) is 3.01. The van der Waals surface area contributed by atoms with Crippen molar-refractivity contribution in [2.24, 2.45) is 0 Å². The van der Waals surface area contributed by atoms with Crippen molar-refractivity contribution in [2.75, 3.05) is 0 Å². The van der Waals surface area contributed by atoms with Crippen molar-refractivity contribution in [3.05, 3.63) is 38.4 Å². The van der Waals surface area contributed by atoms with Gasteiger partial charge in [-0.25, -0.2) is 9.97 Å². The molecule has 17 heavy (non-hydrogen) atoms. The highest BCUT2D eigenvalue weighted by Gasteiger charge is 2.07. The lowest BCUT2D eigenvalue weighted by atomic mass is 10.4. The van der Waals surface area contributed by atoms with Crippen LogP contribution in [-0.2, 0) is 6.54 Å². The van der Waals surface area contributed by atoms with Gasteiger partial charge in [0.25, 0.3) is 0 Å². The normalized spacial score (nSPS) is 11.2. The fraction of sp³-hybridized carbons (Fsp3) is 0.100. The molecule has 0 bridgehead atoms. The third kappa shape index (κ3) is 2.29. The van der Waals surface area contributed by atoms with Gasteiger partial charge < -0.3 is 0 Å². The number of rotatable bonds is 2. The number of halogens is 2. The van der Waals surface area contributed by atoms with Crippen LogP contribution < -0.4 is 0 Å². The number of nitrogens with zero attached hydrogens (tertiary/aromatic N) is 4. The molecule has 0 unspecified atom stereocenters. The average molecular weight is 377 g/mol. The summed E-state index contributed by atoms with van der Waals surface area (Å²) in [6, 6.07) is 1.93. The van der Waals surface area contributed by atoms with E-state index in [0.717, 1.165) is 13.8 Å². The Hall–Kier alpha value is -0.730. The topological polar surface area (TPSA) is 43.6 Å². The van der Waals surface area contributed by atoms with Crippen LogP contribution in [0, 0.1) is 3.57 Å². The zero-order valence-corrected chi connectivity index (χ0v) is 12.2. The molecule has 3 rings (SSSR count). The maximum Gasteiger partial charge on any atom is 0.153 e. The van der Waals surface area contributed by atoms with E-state index in [1.807, 2.05) is 17.6 Å². The highest BCUT2D eigenvalue weighted by molar-refractivity contribution is 14.1. The second-order valence-electron chi connectivity index (χ2n) is 3.43. The Morgan fingerprint density at radius 3 is 3.06 bits per heavy atom. The summed E-state index contributed by atoms with van der Waals surface area (Å²) >= 11 is 9.88. The fourth-order valence-electron chi connectivity index (χ4n) is 1.50. The lowest BCUT2D eigenvalue weighted by Crippen LogP contribution is -2.04. The molecular weight excluding hydrogens is 371 g/mol. The molecule has 7 heteroatoms. The highest BCUT2D eigenvalue weighted by atomic mass is 127. The van der Waals surface area contributed by atoms with Gasteiger partial charge in [-0.1, -0.05) is 11.6 Å². The minimum atomic E-state index is 0.508. The van der Waals surface area contributed by atoms with Crippen molar-refractivity contribution >= 4 is 55.7 Å². The first kappa shape index (κ1) is 11.4. The number of thiophene rings is 1. The summed E-state index contributed by atoms with van der Waals surface area (Å²) in [6.45, 7) is 0.538. The van der Waals surface area contributed by atoms with Gasteiger partial charge in [0.1, 0.15) is 16.5 Å². The monoisotopic (exact) mass is 376 g/mol. The Morgan fingerprint density at radius 2 is 2.29 bits per heavy atom. The predicted molar refractivity (Wildman–Crippen MR) is 76.5 cm³/mol. The van der Waals surface area contributed by atoms with Crippen LogP contribution in [-0.4, -0.2) is 19.7 Å². The lowest BCUT2D eigenvalue weighted by Gasteiger charge is -2.01. The molecule has 0 amide bonds. The maximum atomic E-state index is 6.10. The van der Waals surface area contributed by atoms with E-state index in [9.17, 15) is 0 Å². The lowest BCUT2D eigenvalue weighted by molar-refractivity contribution is 0.658. The second kappa shape index (κ2) is 4.51. The first-order valence-corrected chi connectivity index (χ1v) is 7.13. The number of hydrogen-bond acceptors (Lipinski definition) is 4. The van der Waals surface area contributed by atoms with Crippen LogP contribution in [0.3, 0.4) is 0 Å². The van der Waals surface area contributed by atoms with Crippen molar-refractivity contribution < 1.29 is 0 Å². The first-order valence-electron chi connectivity index (χ1n) is 4.80. The van der Waals surface area contributed by atoms with E-state index in [2.05, 4.69) is 37.7 Å². The molecule has 86 valence electrons. The van der Waals surface area contributed by atoms with E-state index in [1.165, 1.54) is 0 Å². The minimum absolute atomic E-state index is 0.508. The van der Waals surface area contributed by atoms with Crippen LogP contribution in [0.1, 0.15) is 5.82 Å². The zero-order chi connectivity index (χ0) is 11.8. The first-order chi connectivity index (χ1) is 8.22. The molecule has 3 aromatic rings. The molecule has 0 aromatic carbocycles. The van der Waals surface area contributed by atoms with Crippen LogP contribution in [0.2, 0.25) is 5.15 Å². The predicted octanol–water partition coefficient (Wildman–Crippen LogP) is 3.19. The Balaban J connectivity index is 2.00. The van der Waals surface area contributed by atoms with Crippen LogP contribution in [0.5, 0.6) is 0 Å². The van der Waals surface area contributed by atoms with Gasteiger partial charge in [-0.2, -0.15) is 5.10 Å². The van der Waals surface area contributed by atoms with Crippen LogP contribution in [0.15, 0.2) is 23.8 Å². The molecule has 0 N–H and O–H groups in total.